The number of nitrogen functional groups attached to an aromatic ring is 1. The zero-order valence-electron chi connectivity index (χ0n) is 11.4. The second-order valence-electron chi connectivity index (χ2n) is 4.68. The van der Waals surface area contributed by atoms with Gasteiger partial charge in [0.25, 0.3) is 5.56 Å². The van der Waals surface area contributed by atoms with Gasteiger partial charge in [-0.15, -0.1) is 0 Å². The van der Waals surface area contributed by atoms with Crippen LogP contribution in [0.5, 0.6) is 0 Å². The van der Waals surface area contributed by atoms with Gasteiger partial charge < -0.3 is 25.4 Å². The number of nitrogens with zero attached hydrogens (tertiary/aromatic N) is 1. The van der Waals surface area contributed by atoms with E-state index in [4.69, 9.17) is 10.5 Å². The number of nitrogens with one attached hydrogen (secondary N) is 1. The van der Waals surface area contributed by atoms with Crippen LogP contribution in [0.1, 0.15) is 13.2 Å². The molecule has 1 fully saturated rings. The van der Waals surface area contributed by atoms with Gasteiger partial charge in [0.15, 0.2) is 12.0 Å². The number of anilines is 1. The SMILES string of the molecule is CC(=O)OC[C@H]1O[C@@H](n2c(N)c(F)c(=O)[nH]c2=O)[C@H](O)[C@@H]1O. The quantitative estimate of drug-likeness (QED) is 0.443. The van der Waals surface area contributed by atoms with Crippen molar-refractivity contribution in [1.29, 1.82) is 0 Å². The molecule has 10 nitrogen and oxygen atoms in total. The van der Waals surface area contributed by atoms with Crippen molar-refractivity contribution in [2.24, 2.45) is 0 Å². The normalized spacial score (nSPS) is 27.8. The smallest absolute Gasteiger partial charge is 0.332 e. The number of H-pyrrole nitrogens is 1. The number of carbonyl (C=O) groups excluding carboxylic acids is 1. The van der Waals surface area contributed by atoms with Crippen molar-refractivity contribution in [3.05, 3.63) is 26.7 Å². The van der Waals surface area contributed by atoms with E-state index in [1.54, 1.807) is 4.98 Å². The number of hydrogen-bond donors (Lipinski definition) is 4. The second kappa shape index (κ2) is 5.87. The Labute approximate surface area is 121 Å². The van der Waals surface area contributed by atoms with E-state index in [-0.39, 0.29) is 6.61 Å². The van der Waals surface area contributed by atoms with Crippen LogP contribution in [-0.4, -0.2) is 50.7 Å². The van der Waals surface area contributed by atoms with Crippen LogP contribution >= 0.6 is 0 Å². The monoisotopic (exact) mass is 319 g/mol. The molecule has 122 valence electrons. The molecule has 0 radical (unpaired) electrons. The number of aliphatic hydroxyl groups is 2. The van der Waals surface area contributed by atoms with Crippen LogP contribution in [0.25, 0.3) is 0 Å². The molecule has 4 atom stereocenters. The fraction of sp³-hybridized carbons (Fsp3) is 0.545. The van der Waals surface area contributed by atoms with Crippen LogP contribution in [-0.2, 0) is 14.3 Å². The van der Waals surface area contributed by atoms with E-state index in [1.807, 2.05) is 0 Å². The molecule has 1 aromatic rings. The maximum absolute atomic E-state index is 13.5. The summed E-state index contributed by atoms with van der Waals surface area (Å²) in [5, 5.41) is 19.7. The highest BCUT2D eigenvalue weighted by molar-refractivity contribution is 5.65. The lowest BCUT2D eigenvalue weighted by molar-refractivity contribution is -0.147. The summed E-state index contributed by atoms with van der Waals surface area (Å²) in [6.07, 6.45) is -5.85. The molecule has 2 rings (SSSR count). The summed E-state index contributed by atoms with van der Waals surface area (Å²) in [6.45, 7) is 0.750. The standard InChI is InChI=1S/C11H14FN3O7/c1-3(16)21-2-4-6(17)7(18)10(22-4)15-8(13)5(12)9(19)14-11(15)20/h4,6-7,10,17-18H,2,13H2,1H3,(H,14,19,20)/t4-,6-,7-,10-/m1/s1. The minimum absolute atomic E-state index is 0.384. The molecule has 0 aliphatic carbocycles. The second-order valence-corrected chi connectivity index (χ2v) is 4.68. The Morgan fingerprint density at radius 3 is 2.68 bits per heavy atom. The molecule has 5 N–H and O–H groups in total. The number of halogens is 1. The van der Waals surface area contributed by atoms with Gasteiger partial charge in [-0.05, 0) is 0 Å². The summed E-state index contributed by atoms with van der Waals surface area (Å²) in [5.74, 6) is -2.91. The Kier molecular flexibility index (Phi) is 4.30. The summed E-state index contributed by atoms with van der Waals surface area (Å²) in [5.41, 5.74) is 2.92. The predicted molar refractivity (Wildman–Crippen MR) is 68.2 cm³/mol. The number of rotatable bonds is 3. The first-order valence-corrected chi connectivity index (χ1v) is 6.18. The van der Waals surface area contributed by atoms with E-state index in [0.717, 1.165) is 6.92 Å². The number of ether oxygens (including phenoxy) is 2. The first-order valence-electron chi connectivity index (χ1n) is 6.18. The van der Waals surface area contributed by atoms with Gasteiger partial charge in [-0.1, -0.05) is 0 Å². The molecule has 1 aliphatic heterocycles. The molecule has 0 aromatic carbocycles. The number of esters is 1. The summed E-state index contributed by atoms with van der Waals surface area (Å²) in [6, 6.07) is 0. The van der Waals surface area contributed by atoms with Crippen molar-refractivity contribution < 1.29 is 28.9 Å². The van der Waals surface area contributed by atoms with Gasteiger partial charge in [0.1, 0.15) is 24.9 Å². The topological polar surface area (TPSA) is 157 Å². The van der Waals surface area contributed by atoms with E-state index in [9.17, 15) is 29.0 Å². The average molecular weight is 319 g/mol. The van der Waals surface area contributed by atoms with Gasteiger partial charge in [0.2, 0.25) is 5.82 Å². The Balaban J connectivity index is 2.34. The number of nitrogens with two attached hydrogens (primary N) is 1. The van der Waals surface area contributed by atoms with Gasteiger partial charge in [-0.25, -0.2) is 9.36 Å². The average Bonchev–Trinajstić information content (AvgIpc) is 2.71. The van der Waals surface area contributed by atoms with Crippen LogP contribution in [0.3, 0.4) is 0 Å². The number of carbonyl (C=O) groups is 1. The first kappa shape index (κ1) is 16.1. The minimum Gasteiger partial charge on any atom is -0.463 e. The minimum atomic E-state index is -1.65. The lowest BCUT2D eigenvalue weighted by atomic mass is 10.1. The molecule has 0 bridgehead atoms. The Hall–Kier alpha value is -2.24. The molecule has 0 spiro atoms. The number of hydrogen-bond acceptors (Lipinski definition) is 8. The maximum Gasteiger partial charge on any atom is 0.332 e. The zero-order valence-corrected chi connectivity index (χ0v) is 11.4. The van der Waals surface area contributed by atoms with Crippen molar-refractivity contribution >= 4 is 11.8 Å². The van der Waals surface area contributed by atoms with Crippen molar-refractivity contribution in [3.8, 4) is 0 Å². The van der Waals surface area contributed by atoms with Gasteiger partial charge in [0.05, 0.1) is 0 Å². The predicted octanol–water partition coefficient (Wildman–Crippen LogP) is -2.56. The number of aliphatic hydroxyl groups excluding tert-OH is 2. The molecular formula is C11H14FN3O7. The molecular weight excluding hydrogens is 305 g/mol. The van der Waals surface area contributed by atoms with Gasteiger partial charge in [-0.2, -0.15) is 4.39 Å². The van der Waals surface area contributed by atoms with Gasteiger partial charge >= 0.3 is 11.7 Å². The first-order chi connectivity index (χ1) is 10.2. The fourth-order valence-corrected chi connectivity index (χ4v) is 2.08. The van der Waals surface area contributed by atoms with E-state index < -0.39 is 53.4 Å². The van der Waals surface area contributed by atoms with E-state index in [1.165, 1.54) is 0 Å². The molecule has 0 unspecified atom stereocenters. The Morgan fingerprint density at radius 2 is 2.09 bits per heavy atom. The van der Waals surface area contributed by atoms with Crippen LogP contribution in [0.4, 0.5) is 10.2 Å². The molecule has 1 saturated heterocycles. The van der Waals surface area contributed by atoms with Crippen LogP contribution < -0.4 is 17.0 Å². The molecule has 1 aliphatic rings. The molecule has 1 aromatic heterocycles. The van der Waals surface area contributed by atoms with E-state index >= 15 is 0 Å². The number of aromatic amines is 1. The molecule has 2 heterocycles. The molecule has 22 heavy (non-hydrogen) atoms. The van der Waals surface area contributed by atoms with Crippen molar-refractivity contribution in [3.63, 3.8) is 0 Å². The third-order valence-corrected chi connectivity index (χ3v) is 3.17. The van der Waals surface area contributed by atoms with Crippen LogP contribution in [0, 0.1) is 5.82 Å². The van der Waals surface area contributed by atoms with Crippen molar-refractivity contribution in [2.75, 3.05) is 12.3 Å². The third-order valence-electron chi connectivity index (χ3n) is 3.17. The van der Waals surface area contributed by atoms with E-state index in [2.05, 4.69) is 4.74 Å². The summed E-state index contributed by atoms with van der Waals surface area (Å²) < 4.78 is 23.8. The zero-order chi connectivity index (χ0) is 16.6. The summed E-state index contributed by atoms with van der Waals surface area (Å²) in [7, 11) is 0. The highest BCUT2D eigenvalue weighted by atomic mass is 19.1. The summed E-state index contributed by atoms with van der Waals surface area (Å²) in [4.78, 5) is 35.2. The van der Waals surface area contributed by atoms with Crippen molar-refractivity contribution in [2.45, 2.75) is 31.5 Å². The van der Waals surface area contributed by atoms with Crippen LogP contribution in [0.15, 0.2) is 9.59 Å². The third kappa shape index (κ3) is 2.73. The van der Waals surface area contributed by atoms with E-state index in [0.29, 0.717) is 4.57 Å². The van der Waals surface area contributed by atoms with Crippen LogP contribution in [0.2, 0.25) is 0 Å². The molecule has 0 saturated carbocycles. The molecule has 11 heteroatoms. The summed E-state index contributed by atoms with van der Waals surface area (Å²) >= 11 is 0. The Morgan fingerprint density at radius 1 is 1.45 bits per heavy atom. The fourth-order valence-electron chi connectivity index (χ4n) is 2.08. The Bertz CT molecular complexity index is 700. The highest BCUT2D eigenvalue weighted by Crippen LogP contribution is 2.30. The van der Waals surface area contributed by atoms with Crippen molar-refractivity contribution in [1.82, 2.24) is 9.55 Å². The maximum atomic E-state index is 13.5. The largest absolute Gasteiger partial charge is 0.463 e. The lowest BCUT2D eigenvalue weighted by Gasteiger charge is -2.19. The van der Waals surface area contributed by atoms with Gasteiger partial charge in [-0.3, -0.25) is 14.6 Å². The number of aromatic nitrogens is 2. The lowest BCUT2D eigenvalue weighted by Crippen LogP contribution is -2.40. The van der Waals surface area contributed by atoms with Gasteiger partial charge in [0, 0.05) is 6.92 Å². The molecule has 0 amide bonds. The highest BCUT2D eigenvalue weighted by Gasteiger charge is 2.45.